The lowest BCUT2D eigenvalue weighted by Crippen LogP contribution is -2.51. The molecule has 2 bridgehead atoms. The van der Waals surface area contributed by atoms with Gasteiger partial charge in [-0.3, -0.25) is 28.0 Å². The van der Waals surface area contributed by atoms with E-state index in [0.29, 0.717) is 19.3 Å². The maximum Gasteiger partial charge on any atom is 0.481 e. The number of nitrogens with zero attached hydrogens (tertiary/aromatic N) is 2. The second-order valence-electron chi connectivity index (χ2n) is 20.5. The van der Waals surface area contributed by atoms with E-state index in [1.807, 2.05) is 6.92 Å². The minimum absolute atomic E-state index is 0.00104. The molecule has 1 saturated heterocycles. The molecule has 12 atom stereocenters. The molecule has 21 nitrogen and oxygen atoms in total. The van der Waals surface area contributed by atoms with Crippen LogP contribution in [0.5, 0.6) is 0 Å². The van der Waals surface area contributed by atoms with Crippen LogP contribution in [0.25, 0.3) is 0 Å². The Kier molecular flexibility index (Phi) is 32.6. The highest BCUT2D eigenvalue weighted by Gasteiger charge is 2.45. The van der Waals surface area contributed by atoms with Gasteiger partial charge in [-0.05, 0) is 44.1 Å². The summed E-state index contributed by atoms with van der Waals surface area (Å²) in [5.41, 5.74) is 4.73. The van der Waals surface area contributed by atoms with Crippen molar-refractivity contribution in [3.8, 4) is 0 Å². The lowest BCUT2D eigenvalue weighted by Gasteiger charge is -2.38. The minimum atomic E-state index is -5.73. The van der Waals surface area contributed by atoms with Crippen LogP contribution in [0.1, 0.15) is 194 Å². The Hall–Kier alpha value is -3.17. The van der Waals surface area contributed by atoms with E-state index >= 15 is 0 Å². The van der Waals surface area contributed by atoms with Crippen LogP contribution >= 0.6 is 15.6 Å². The molecule has 23 heteroatoms. The van der Waals surface area contributed by atoms with Crippen molar-refractivity contribution in [1.82, 2.24) is 9.55 Å². The number of nitrogens with two attached hydrogens (primary N) is 1. The van der Waals surface area contributed by atoms with Gasteiger partial charge in [0.05, 0.1) is 37.4 Å². The summed E-state index contributed by atoms with van der Waals surface area (Å²) in [6, 6.07) is 1.22. The Labute approximate surface area is 449 Å². The number of Topliss-reactive ketones (excluding diaryl/α,β-unsaturated/α-hetero) is 1. The first kappa shape index (κ1) is 67.1. The first-order chi connectivity index (χ1) is 36.3. The van der Waals surface area contributed by atoms with Crippen molar-refractivity contribution < 1.29 is 81.3 Å². The van der Waals surface area contributed by atoms with Gasteiger partial charge in [-0.2, -0.15) is 9.29 Å². The Morgan fingerprint density at radius 3 is 2.07 bits per heavy atom. The minimum Gasteiger partial charge on any atom is -0.462 e. The van der Waals surface area contributed by atoms with Crippen LogP contribution in [0.2, 0.25) is 0 Å². The second kappa shape index (κ2) is 36.9. The van der Waals surface area contributed by atoms with Gasteiger partial charge in [0.15, 0.2) is 6.10 Å². The molecule has 0 radical (unpaired) electrons. The molecule has 8 N–H and O–H groups in total. The van der Waals surface area contributed by atoms with Crippen LogP contribution in [-0.2, 0) is 51.1 Å². The number of hydrogen-bond donors (Lipinski definition) is 7. The third-order valence-corrected chi connectivity index (χ3v) is 16.5. The number of unbranched alkanes of at least 4 members (excludes halogenated alkanes) is 15. The van der Waals surface area contributed by atoms with E-state index in [9.17, 15) is 58.5 Å². The summed E-state index contributed by atoms with van der Waals surface area (Å²) >= 11 is 0. The van der Waals surface area contributed by atoms with Gasteiger partial charge in [-0.25, -0.2) is 13.9 Å². The topological polar surface area (TPSA) is 323 Å². The number of fused-ring (bicyclic) bond motifs is 3. The van der Waals surface area contributed by atoms with Gasteiger partial charge in [0.25, 0.3) is 0 Å². The first-order valence-electron chi connectivity index (χ1n) is 27.8. The van der Waals surface area contributed by atoms with Crippen LogP contribution < -0.4 is 11.4 Å². The quantitative estimate of drug-likeness (QED) is 0.0197. The molecule has 1 aromatic heterocycles. The molecule has 0 spiro atoms. The number of hydrogen-bond acceptors (Lipinski definition) is 18. The summed E-state index contributed by atoms with van der Waals surface area (Å²) < 4.78 is 59.0. The van der Waals surface area contributed by atoms with Crippen molar-refractivity contribution in [2.24, 2.45) is 17.8 Å². The number of carbonyl (C=O) groups excluding carboxylic acids is 3. The summed E-state index contributed by atoms with van der Waals surface area (Å²) in [6.07, 6.45) is 15.5. The van der Waals surface area contributed by atoms with Gasteiger partial charge < -0.3 is 50.2 Å². The highest BCUT2D eigenvalue weighted by atomic mass is 31.3. The number of phosphoric acid groups is 2. The number of ketones is 1. The number of aliphatic hydroxyl groups is 4. The van der Waals surface area contributed by atoms with E-state index in [-0.39, 0.29) is 37.9 Å². The van der Waals surface area contributed by atoms with Crippen molar-refractivity contribution in [2.75, 3.05) is 25.6 Å². The third kappa shape index (κ3) is 27.1. The molecular weight excluding hydrogens is 1030 g/mol. The Morgan fingerprint density at radius 1 is 0.842 bits per heavy atom. The number of cyclic esters (lactones) is 1. The predicted molar refractivity (Wildman–Crippen MR) is 285 cm³/mol. The van der Waals surface area contributed by atoms with Crippen LogP contribution in [0.3, 0.4) is 0 Å². The number of esters is 2. The van der Waals surface area contributed by atoms with E-state index < -0.39 is 120 Å². The number of carbonyl (C=O) groups is 3. The zero-order chi connectivity index (χ0) is 55.9. The van der Waals surface area contributed by atoms with Crippen molar-refractivity contribution in [1.29, 1.82) is 0 Å². The molecule has 2 aliphatic heterocycles. The largest absolute Gasteiger partial charge is 0.481 e. The maximum atomic E-state index is 14.3. The van der Waals surface area contributed by atoms with E-state index in [2.05, 4.69) is 23.1 Å². The molecule has 0 aliphatic carbocycles. The zero-order valence-electron chi connectivity index (χ0n) is 45.2. The third-order valence-electron chi connectivity index (χ3n) is 13.9. The average molecular weight is 1120 g/mol. The number of nitrogen functional groups attached to an aromatic ring is 1. The number of allylic oxidation sites excluding steroid dienone is 2. The van der Waals surface area contributed by atoms with Gasteiger partial charge in [-0.1, -0.05) is 161 Å². The number of anilines is 1. The van der Waals surface area contributed by atoms with Crippen molar-refractivity contribution in [3.63, 3.8) is 0 Å². The van der Waals surface area contributed by atoms with E-state index in [1.54, 1.807) is 12.2 Å². The molecule has 3 rings (SSSR count). The predicted octanol–water partition coefficient (Wildman–Crippen LogP) is 8.62. The molecule has 2 aliphatic rings. The summed E-state index contributed by atoms with van der Waals surface area (Å²) in [5.74, 6) is -4.31. The fraction of sp³-hybridized carbons (Fsp3) is 0.792. The molecule has 3 heterocycles. The number of phosphoric ester groups is 2. The van der Waals surface area contributed by atoms with E-state index in [1.165, 1.54) is 88.8 Å². The Bertz CT molecular complexity index is 2060. The summed E-state index contributed by atoms with van der Waals surface area (Å²) in [5, 5.41) is 45.6. The molecule has 1 fully saturated rings. The smallest absolute Gasteiger partial charge is 0.462 e. The first-order valence-corrected chi connectivity index (χ1v) is 30.8. The maximum absolute atomic E-state index is 14.3. The number of rotatable bonds is 26. The van der Waals surface area contributed by atoms with Gasteiger partial charge >= 0.3 is 33.3 Å². The molecule has 3 unspecified atom stereocenters. The van der Waals surface area contributed by atoms with E-state index in [4.69, 9.17) is 29.0 Å². The normalized spacial score (nSPS) is 29.3. The summed E-state index contributed by atoms with van der Waals surface area (Å²) in [7, 11) is -11.3. The summed E-state index contributed by atoms with van der Waals surface area (Å²) in [4.78, 5) is 78.6. The fourth-order valence-corrected chi connectivity index (χ4v) is 11.2. The van der Waals surface area contributed by atoms with Crippen molar-refractivity contribution >= 4 is 39.2 Å². The molecule has 1 aromatic rings. The van der Waals surface area contributed by atoms with Crippen LogP contribution in [-0.4, -0.2) is 114 Å². The fourth-order valence-electron chi connectivity index (χ4n) is 9.10. The number of aromatic nitrogens is 2. The highest BCUT2D eigenvalue weighted by molar-refractivity contribution is 7.61. The highest BCUT2D eigenvalue weighted by Crippen LogP contribution is 2.60. The van der Waals surface area contributed by atoms with Gasteiger partial charge in [0, 0.05) is 31.4 Å². The summed E-state index contributed by atoms with van der Waals surface area (Å²) in [6.45, 7) is 3.80. The Balaban J connectivity index is 1.73. The average Bonchev–Trinajstić information content (AvgIpc) is 3.36. The molecule has 0 aromatic carbocycles. The molecule has 436 valence electrons. The monoisotopic (exact) mass is 1120 g/mol. The van der Waals surface area contributed by atoms with Crippen molar-refractivity contribution in [3.05, 3.63) is 47.1 Å². The van der Waals surface area contributed by atoms with Gasteiger partial charge in [-0.15, -0.1) is 0 Å². The molecule has 0 amide bonds. The van der Waals surface area contributed by atoms with Crippen molar-refractivity contribution in [2.45, 2.75) is 231 Å². The van der Waals surface area contributed by atoms with E-state index in [0.717, 1.165) is 55.2 Å². The van der Waals surface area contributed by atoms with Crippen LogP contribution in [0.4, 0.5) is 5.82 Å². The van der Waals surface area contributed by atoms with Gasteiger partial charge in [0.2, 0.25) is 0 Å². The zero-order valence-corrected chi connectivity index (χ0v) is 47.0. The van der Waals surface area contributed by atoms with Gasteiger partial charge in [0.1, 0.15) is 36.6 Å². The number of ether oxygens (including phenoxy) is 3. The molecule has 76 heavy (non-hydrogen) atoms. The lowest BCUT2D eigenvalue weighted by molar-refractivity contribution is -0.183. The molecule has 0 saturated carbocycles. The second-order valence-corrected chi connectivity index (χ2v) is 23.5. The SMILES string of the molecule is CCCCC[C@H](O)/C=C/[C@@H]1[C@H](O)[C@H](O)[C@H]2COP(=O)(O)OP(=O)(O)OC[C@H](OC(=O)CCCCCCCCCCCCCCCCC(C)CC)COC(=O)CCC/C=C\C[C@@H](C(=O)C[C@H]1O)[C@H](n1ccc(N)nc1=O)O2. The molecular formula is C53H91N3O18P2. The van der Waals surface area contributed by atoms with Crippen LogP contribution in [0.15, 0.2) is 41.4 Å². The number of aliphatic hydroxyl groups excluding tert-OH is 4. The lowest BCUT2D eigenvalue weighted by atomic mass is 9.83. The standard InChI is InChI=1S/C53H91N3O18P2/c1-4-6-21-27-40(57)31-32-42-44(58)35-45(59)43-28-23-19-20-24-29-48(60)69-36-41(72-49(61)30-25-18-16-14-12-10-8-7-9-11-13-15-17-22-26-39(3)5-2)37-70-75(65,66)74-76(67,68)71-38-46(51(63)50(42)62)73-52(43)56-34-33-47(54)55-53(56)64/h19,23,31-34,39-44,46,50-52,57-58,62-63H,4-18,20-22,24-30,35-38H2,1-3H3,(H,65,66)(H,67,68)(H2,54,55,64)/b23-19-,32-31+/t39?,40-,41+,42-,43-,44+,46+,50-,51+,52+/m0/s1. The van der Waals surface area contributed by atoms with Crippen LogP contribution in [0, 0.1) is 17.8 Å². The Morgan fingerprint density at radius 2 is 1.45 bits per heavy atom.